The number of carbonyl (C=O) groups excluding carboxylic acids is 1. The van der Waals surface area contributed by atoms with Gasteiger partial charge in [-0.05, 0) is 19.1 Å². The summed E-state index contributed by atoms with van der Waals surface area (Å²) in [5, 5.41) is 3.12. The highest BCUT2D eigenvalue weighted by molar-refractivity contribution is 7.89. The van der Waals surface area contributed by atoms with Crippen LogP contribution < -0.4 is 5.32 Å². The molecule has 1 aliphatic rings. The smallest absolute Gasteiger partial charge is 0.342 e. The lowest BCUT2D eigenvalue weighted by atomic mass is 10.2. The van der Waals surface area contributed by atoms with Gasteiger partial charge in [0.15, 0.2) is 0 Å². The number of benzene rings is 1. The summed E-state index contributed by atoms with van der Waals surface area (Å²) in [5.41, 5.74) is -0.550. The zero-order valence-electron chi connectivity index (χ0n) is 11.8. The number of methoxy groups -OCH3 is 1. The number of ether oxygens (including phenoxy) is 1. The molecule has 1 N–H and O–H groups in total. The third-order valence-electron chi connectivity index (χ3n) is 3.31. The molecule has 1 heterocycles. The molecule has 116 valence electrons. The minimum atomic E-state index is -3.95. The van der Waals surface area contributed by atoms with E-state index in [0.29, 0.717) is 6.54 Å². The third-order valence-corrected chi connectivity index (χ3v) is 5.22. The minimum absolute atomic E-state index is 0.0105. The summed E-state index contributed by atoms with van der Waals surface area (Å²) in [6, 6.07) is 3.51. The first-order valence-corrected chi connectivity index (χ1v) is 7.92. The van der Waals surface area contributed by atoms with Gasteiger partial charge >= 0.3 is 5.97 Å². The molecule has 0 radical (unpaired) electrons. The van der Waals surface area contributed by atoms with Gasteiger partial charge in [-0.15, -0.1) is 0 Å². The SMILES string of the molecule is COC(=O)c1c(F)cccc1S(=O)(=O)N1CCNC(C)C1. The molecule has 0 aromatic heterocycles. The molecule has 1 fully saturated rings. The van der Waals surface area contributed by atoms with Gasteiger partial charge in [0.1, 0.15) is 11.4 Å². The van der Waals surface area contributed by atoms with Gasteiger partial charge in [-0.1, -0.05) is 6.07 Å². The van der Waals surface area contributed by atoms with Crippen molar-refractivity contribution < 1.29 is 22.3 Å². The van der Waals surface area contributed by atoms with Crippen molar-refractivity contribution in [1.29, 1.82) is 0 Å². The molecule has 1 aromatic carbocycles. The maximum atomic E-state index is 13.9. The Morgan fingerprint density at radius 2 is 2.19 bits per heavy atom. The molecule has 2 rings (SSSR count). The second-order valence-corrected chi connectivity index (χ2v) is 6.73. The Morgan fingerprint density at radius 3 is 2.81 bits per heavy atom. The Labute approximate surface area is 122 Å². The molecule has 1 aliphatic heterocycles. The van der Waals surface area contributed by atoms with Crippen LogP contribution in [0.2, 0.25) is 0 Å². The van der Waals surface area contributed by atoms with Crippen molar-refractivity contribution in [3.63, 3.8) is 0 Å². The van der Waals surface area contributed by atoms with E-state index in [1.807, 2.05) is 6.92 Å². The molecule has 6 nitrogen and oxygen atoms in total. The van der Waals surface area contributed by atoms with E-state index in [1.54, 1.807) is 0 Å². The van der Waals surface area contributed by atoms with Crippen molar-refractivity contribution in [2.45, 2.75) is 17.9 Å². The van der Waals surface area contributed by atoms with E-state index in [4.69, 9.17) is 0 Å². The first-order valence-electron chi connectivity index (χ1n) is 6.48. The van der Waals surface area contributed by atoms with Crippen molar-refractivity contribution in [1.82, 2.24) is 9.62 Å². The standard InChI is InChI=1S/C13H17FN2O4S/c1-9-8-16(7-6-15-9)21(18,19)11-5-3-4-10(14)12(11)13(17)20-2/h3-5,9,15H,6-8H2,1-2H3. The Bertz CT molecular complexity index is 648. The number of nitrogens with one attached hydrogen (secondary N) is 1. The van der Waals surface area contributed by atoms with Crippen LogP contribution in [0, 0.1) is 5.82 Å². The molecule has 1 aromatic rings. The molecule has 1 atom stereocenters. The number of halogens is 1. The van der Waals surface area contributed by atoms with Crippen LogP contribution in [0.5, 0.6) is 0 Å². The minimum Gasteiger partial charge on any atom is -0.465 e. The highest BCUT2D eigenvalue weighted by atomic mass is 32.2. The van der Waals surface area contributed by atoms with Crippen molar-refractivity contribution in [2.24, 2.45) is 0 Å². The molecule has 0 spiro atoms. The number of sulfonamides is 1. The Kier molecular flexibility index (Phi) is 4.60. The molecular weight excluding hydrogens is 299 g/mol. The second kappa shape index (κ2) is 6.08. The lowest BCUT2D eigenvalue weighted by Gasteiger charge is -2.31. The lowest BCUT2D eigenvalue weighted by Crippen LogP contribution is -2.51. The highest BCUT2D eigenvalue weighted by Crippen LogP contribution is 2.24. The van der Waals surface area contributed by atoms with Crippen LogP contribution in [0.25, 0.3) is 0 Å². The highest BCUT2D eigenvalue weighted by Gasteiger charge is 2.33. The van der Waals surface area contributed by atoms with Crippen molar-refractivity contribution in [2.75, 3.05) is 26.7 Å². The number of esters is 1. The van der Waals surface area contributed by atoms with E-state index in [2.05, 4.69) is 10.1 Å². The average Bonchev–Trinajstić information content (AvgIpc) is 2.46. The molecule has 1 unspecified atom stereocenters. The summed E-state index contributed by atoms with van der Waals surface area (Å²) in [5.74, 6) is -1.92. The van der Waals surface area contributed by atoms with Gasteiger partial charge in [0.05, 0.1) is 12.0 Å². The zero-order chi connectivity index (χ0) is 15.6. The molecule has 0 amide bonds. The van der Waals surface area contributed by atoms with Crippen LogP contribution in [0.3, 0.4) is 0 Å². The average molecular weight is 316 g/mol. The number of rotatable bonds is 3. The summed E-state index contributed by atoms with van der Waals surface area (Å²) >= 11 is 0. The first-order chi connectivity index (χ1) is 9.87. The maximum Gasteiger partial charge on any atom is 0.342 e. The van der Waals surface area contributed by atoms with Gasteiger partial charge in [-0.3, -0.25) is 0 Å². The van der Waals surface area contributed by atoms with Crippen molar-refractivity contribution in [3.05, 3.63) is 29.6 Å². The molecule has 0 saturated carbocycles. The maximum absolute atomic E-state index is 13.9. The van der Waals surface area contributed by atoms with Crippen LogP contribution in [-0.2, 0) is 14.8 Å². The fourth-order valence-electron chi connectivity index (χ4n) is 2.27. The molecule has 1 saturated heterocycles. The van der Waals surface area contributed by atoms with Crippen molar-refractivity contribution >= 4 is 16.0 Å². The monoisotopic (exact) mass is 316 g/mol. The van der Waals surface area contributed by atoms with E-state index >= 15 is 0 Å². The van der Waals surface area contributed by atoms with E-state index in [0.717, 1.165) is 13.2 Å². The van der Waals surface area contributed by atoms with Crippen molar-refractivity contribution in [3.8, 4) is 0 Å². The van der Waals surface area contributed by atoms with Gasteiger partial charge in [0, 0.05) is 25.7 Å². The molecule has 0 bridgehead atoms. The second-order valence-electron chi connectivity index (χ2n) is 4.82. The topological polar surface area (TPSA) is 75.7 Å². The predicted octanol–water partition coefficient (Wildman–Crippen LogP) is 0.595. The van der Waals surface area contributed by atoms with E-state index in [1.165, 1.54) is 16.4 Å². The predicted molar refractivity (Wildman–Crippen MR) is 74.0 cm³/mol. The van der Waals surface area contributed by atoms with Crippen LogP contribution in [0.1, 0.15) is 17.3 Å². The van der Waals surface area contributed by atoms with Crippen LogP contribution >= 0.6 is 0 Å². The van der Waals surface area contributed by atoms with Gasteiger partial charge in [-0.25, -0.2) is 17.6 Å². The summed E-state index contributed by atoms with van der Waals surface area (Å²) < 4.78 is 44.9. The van der Waals surface area contributed by atoms with Gasteiger partial charge < -0.3 is 10.1 Å². The molecule has 8 heteroatoms. The normalized spacial score (nSPS) is 20.2. The summed E-state index contributed by atoms with van der Waals surface area (Å²) in [4.78, 5) is 11.3. The molecular formula is C13H17FN2O4S. The van der Waals surface area contributed by atoms with Crippen LogP contribution in [0.15, 0.2) is 23.1 Å². The number of hydrogen-bond donors (Lipinski definition) is 1. The third kappa shape index (κ3) is 3.07. The fourth-order valence-corrected chi connectivity index (χ4v) is 3.99. The number of hydrogen-bond acceptors (Lipinski definition) is 5. The van der Waals surface area contributed by atoms with Crippen LogP contribution in [0.4, 0.5) is 4.39 Å². The van der Waals surface area contributed by atoms with Gasteiger partial charge in [0.25, 0.3) is 0 Å². The quantitative estimate of drug-likeness (QED) is 0.826. The Hall–Kier alpha value is -1.51. The largest absolute Gasteiger partial charge is 0.465 e. The zero-order valence-corrected chi connectivity index (χ0v) is 12.6. The van der Waals surface area contributed by atoms with Crippen LogP contribution in [-0.4, -0.2) is 51.5 Å². The Balaban J connectivity index is 2.50. The van der Waals surface area contributed by atoms with E-state index in [9.17, 15) is 17.6 Å². The van der Waals surface area contributed by atoms with E-state index < -0.39 is 27.4 Å². The number of nitrogens with zero attached hydrogens (tertiary/aromatic N) is 1. The van der Waals surface area contributed by atoms with E-state index in [-0.39, 0.29) is 24.0 Å². The fraction of sp³-hybridized carbons (Fsp3) is 0.462. The number of piperazine rings is 1. The molecule has 21 heavy (non-hydrogen) atoms. The summed E-state index contributed by atoms with van der Waals surface area (Å²) in [6.45, 7) is 2.89. The summed E-state index contributed by atoms with van der Waals surface area (Å²) in [6.07, 6.45) is 0. The number of carbonyl (C=O) groups is 1. The van der Waals surface area contributed by atoms with Gasteiger partial charge in [0.2, 0.25) is 10.0 Å². The summed E-state index contributed by atoms with van der Waals surface area (Å²) in [7, 11) is -2.87. The Morgan fingerprint density at radius 1 is 1.48 bits per heavy atom. The molecule has 0 aliphatic carbocycles. The van der Waals surface area contributed by atoms with Gasteiger partial charge in [-0.2, -0.15) is 4.31 Å². The lowest BCUT2D eigenvalue weighted by molar-refractivity contribution is 0.0590. The first kappa shape index (κ1) is 15.9.